The second-order valence-corrected chi connectivity index (χ2v) is 5.71. The maximum absolute atomic E-state index is 12.6. The number of hydrogen-bond acceptors (Lipinski definition) is 7. The van der Waals surface area contributed by atoms with Crippen LogP contribution in [0.4, 0.5) is 0 Å². The Hall–Kier alpha value is -3.48. The van der Waals surface area contributed by atoms with Gasteiger partial charge in [-0.25, -0.2) is 9.59 Å². The van der Waals surface area contributed by atoms with Crippen LogP contribution in [0.3, 0.4) is 0 Å². The van der Waals surface area contributed by atoms with Crippen LogP contribution in [0.1, 0.15) is 15.9 Å². The van der Waals surface area contributed by atoms with Crippen molar-refractivity contribution in [1.82, 2.24) is 0 Å². The highest BCUT2D eigenvalue weighted by Gasteiger charge is 2.18. The number of hydrogen-bond donors (Lipinski definition) is 0. The summed E-state index contributed by atoms with van der Waals surface area (Å²) in [5.41, 5.74) is 0.877. The molecule has 0 aliphatic heterocycles. The molecule has 0 atom stereocenters. The van der Waals surface area contributed by atoms with Crippen molar-refractivity contribution in [3.05, 3.63) is 57.9 Å². The molecule has 7 nitrogen and oxygen atoms in total. The van der Waals surface area contributed by atoms with Crippen LogP contribution >= 0.6 is 0 Å². The molecule has 0 aliphatic rings. The Morgan fingerprint density at radius 2 is 1.59 bits per heavy atom. The van der Waals surface area contributed by atoms with E-state index in [2.05, 4.69) is 0 Å². The first-order valence-corrected chi connectivity index (χ1v) is 8.03. The van der Waals surface area contributed by atoms with Crippen molar-refractivity contribution in [3.8, 4) is 23.0 Å². The first-order chi connectivity index (χ1) is 13.0. The largest absolute Gasteiger partial charge is 0.493 e. The Bertz CT molecular complexity index is 1040. The van der Waals surface area contributed by atoms with E-state index < -0.39 is 11.6 Å². The van der Waals surface area contributed by atoms with E-state index in [0.29, 0.717) is 22.8 Å². The van der Waals surface area contributed by atoms with Gasteiger partial charge in [0.2, 0.25) is 5.75 Å². The van der Waals surface area contributed by atoms with Gasteiger partial charge < -0.3 is 23.4 Å². The fourth-order valence-electron chi connectivity index (χ4n) is 2.73. The van der Waals surface area contributed by atoms with Crippen molar-refractivity contribution in [2.75, 3.05) is 21.3 Å². The van der Waals surface area contributed by atoms with E-state index >= 15 is 0 Å². The van der Waals surface area contributed by atoms with Gasteiger partial charge in [0.1, 0.15) is 11.3 Å². The Balaban J connectivity index is 1.95. The van der Waals surface area contributed by atoms with Crippen molar-refractivity contribution in [2.45, 2.75) is 6.92 Å². The van der Waals surface area contributed by atoms with Gasteiger partial charge in [-0.1, -0.05) is 0 Å². The smallest absolute Gasteiger partial charge is 0.343 e. The molecule has 2 aromatic carbocycles. The number of methoxy groups -OCH3 is 3. The molecule has 0 N–H and O–H groups in total. The van der Waals surface area contributed by atoms with E-state index in [1.54, 1.807) is 19.1 Å². The van der Waals surface area contributed by atoms with Crippen molar-refractivity contribution >= 4 is 16.9 Å². The number of benzene rings is 2. The second kappa shape index (κ2) is 7.41. The molecule has 140 valence electrons. The lowest BCUT2D eigenvalue weighted by atomic mass is 10.1. The highest BCUT2D eigenvalue weighted by atomic mass is 16.5. The molecule has 3 rings (SSSR count). The maximum atomic E-state index is 12.6. The Morgan fingerprint density at radius 1 is 0.926 bits per heavy atom. The summed E-state index contributed by atoms with van der Waals surface area (Å²) in [5, 5.41) is 0.766. The summed E-state index contributed by atoms with van der Waals surface area (Å²) in [7, 11) is 4.39. The van der Waals surface area contributed by atoms with E-state index in [1.165, 1.54) is 45.6 Å². The van der Waals surface area contributed by atoms with Crippen LogP contribution in [0, 0.1) is 6.92 Å². The van der Waals surface area contributed by atoms with E-state index in [0.717, 1.165) is 10.9 Å². The summed E-state index contributed by atoms with van der Waals surface area (Å²) < 4.78 is 26.3. The lowest BCUT2D eigenvalue weighted by Gasteiger charge is -2.13. The molecule has 0 radical (unpaired) electrons. The van der Waals surface area contributed by atoms with E-state index in [1.807, 2.05) is 0 Å². The van der Waals surface area contributed by atoms with Crippen LogP contribution in [-0.2, 0) is 0 Å². The Kier molecular flexibility index (Phi) is 5.03. The van der Waals surface area contributed by atoms with Crippen LogP contribution in [0.2, 0.25) is 0 Å². The van der Waals surface area contributed by atoms with Crippen LogP contribution < -0.4 is 24.6 Å². The third kappa shape index (κ3) is 3.57. The van der Waals surface area contributed by atoms with Crippen LogP contribution in [0.15, 0.2) is 45.6 Å². The third-order valence-electron chi connectivity index (χ3n) is 4.03. The number of carbonyl (C=O) groups excluding carboxylic acids is 1. The molecule has 0 saturated heterocycles. The predicted octanol–water partition coefficient (Wildman–Crippen LogP) is 3.35. The lowest BCUT2D eigenvalue weighted by molar-refractivity contribution is 0.0734. The van der Waals surface area contributed by atoms with Crippen LogP contribution in [-0.4, -0.2) is 27.3 Å². The number of fused-ring (bicyclic) bond motifs is 1. The first-order valence-electron chi connectivity index (χ1n) is 8.03. The average molecular weight is 370 g/mol. The summed E-state index contributed by atoms with van der Waals surface area (Å²) in [6, 6.07) is 9.25. The standard InChI is InChI=1S/C20H18O7/c1-11-7-18(21)27-15-10-13(5-6-14(11)15)26-20(22)12-8-16(23-2)19(25-4)17(9-12)24-3/h5-10H,1-4H3. The first kappa shape index (κ1) is 18.3. The van der Waals surface area contributed by atoms with Gasteiger partial charge in [0.25, 0.3) is 0 Å². The summed E-state index contributed by atoms with van der Waals surface area (Å²) in [4.78, 5) is 24.1. The summed E-state index contributed by atoms with van der Waals surface area (Å²) in [6.45, 7) is 1.81. The molecule has 27 heavy (non-hydrogen) atoms. The van der Waals surface area contributed by atoms with E-state index in [9.17, 15) is 9.59 Å². The van der Waals surface area contributed by atoms with Gasteiger partial charge in [-0.2, -0.15) is 0 Å². The van der Waals surface area contributed by atoms with Gasteiger partial charge in [-0.15, -0.1) is 0 Å². The molecule has 0 saturated carbocycles. The van der Waals surface area contributed by atoms with Crippen molar-refractivity contribution in [1.29, 1.82) is 0 Å². The highest BCUT2D eigenvalue weighted by Crippen LogP contribution is 2.38. The molecule has 0 fully saturated rings. The third-order valence-corrected chi connectivity index (χ3v) is 4.03. The minimum atomic E-state index is -0.622. The molecule has 3 aromatic rings. The van der Waals surface area contributed by atoms with Gasteiger partial charge >= 0.3 is 11.6 Å². The normalized spacial score (nSPS) is 10.5. The molecule has 1 aromatic heterocycles. The zero-order chi connectivity index (χ0) is 19.6. The molecular formula is C20H18O7. The predicted molar refractivity (Wildman–Crippen MR) is 98.3 cm³/mol. The van der Waals surface area contributed by atoms with E-state index in [4.69, 9.17) is 23.4 Å². The number of carbonyl (C=O) groups is 1. The van der Waals surface area contributed by atoms with Gasteiger partial charge in [0.15, 0.2) is 11.5 Å². The molecule has 0 bridgehead atoms. The number of esters is 1. The summed E-state index contributed by atoms with van der Waals surface area (Å²) >= 11 is 0. The zero-order valence-electron chi connectivity index (χ0n) is 15.3. The van der Waals surface area contributed by atoms with Gasteiger partial charge in [-0.05, 0) is 36.8 Å². The molecule has 0 aliphatic carbocycles. The fraction of sp³-hybridized carbons (Fsp3) is 0.200. The number of ether oxygens (including phenoxy) is 4. The topological polar surface area (TPSA) is 84.2 Å². The molecule has 1 heterocycles. The van der Waals surface area contributed by atoms with Gasteiger partial charge in [0, 0.05) is 17.5 Å². The quantitative estimate of drug-likeness (QED) is 0.387. The summed E-state index contributed by atoms with van der Waals surface area (Å²) in [6.07, 6.45) is 0. The average Bonchev–Trinajstić information content (AvgIpc) is 2.66. The Morgan fingerprint density at radius 3 is 2.19 bits per heavy atom. The van der Waals surface area contributed by atoms with Crippen molar-refractivity contribution < 1.29 is 28.2 Å². The lowest BCUT2D eigenvalue weighted by Crippen LogP contribution is -2.10. The minimum Gasteiger partial charge on any atom is -0.493 e. The van der Waals surface area contributed by atoms with Crippen molar-refractivity contribution in [3.63, 3.8) is 0 Å². The van der Waals surface area contributed by atoms with Gasteiger partial charge in [-0.3, -0.25) is 0 Å². The summed E-state index contributed by atoms with van der Waals surface area (Å²) in [5.74, 6) is 0.672. The highest BCUT2D eigenvalue weighted by molar-refractivity contribution is 5.93. The SMILES string of the molecule is COc1cc(C(=O)Oc2ccc3c(C)cc(=O)oc3c2)cc(OC)c1OC. The molecular weight excluding hydrogens is 352 g/mol. The van der Waals surface area contributed by atoms with Crippen LogP contribution in [0.5, 0.6) is 23.0 Å². The Labute approximate surface area is 155 Å². The van der Waals surface area contributed by atoms with E-state index in [-0.39, 0.29) is 11.3 Å². The maximum Gasteiger partial charge on any atom is 0.343 e. The monoisotopic (exact) mass is 370 g/mol. The molecule has 0 unspecified atom stereocenters. The minimum absolute atomic E-state index is 0.218. The second-order valence-electron chi connectivity index (χ2n) is 5.71. The molecule has 7 heteroatoms. The van der Waals surface area contributed by atoms with Crippen LogP contribution in [0.25, 0.3) is 11.0 Å². The number of rotatable bonds is 5. The van der Waals surface area contributed by atoms with Gasteiger partial charge in [0.05, 0.1) is 26.9 Å². The molecule has 0 amide bonds. The molecule has 0 spiro atoms. The zero-order valence-corrected chi connectivity index (χ0v) is 15.3. The number of aryl methyl sites for hydroxylation is 1. The van der Waals surface area contributed by atoms with Crippen molar-refractivity contribution in [2.24, 2.45) is 0 Å². The fourth-order valence-corrected chi connectivity index (χ4v) is 2.73.